The van der Waals surface area contributed by atoms with Gasteiger partial charge in [0.15, 0.2) is 6.23 Å². The monoisotopic (exact) mass is 549 g/mol. The molecule has 1 aliphatic heterocycles. The van der Waals surface area contributed by atoms with Gasteiger partial charge < -0.3 is 34.5 Å². The van der Waals surface area contributed by atoms with Gasteiger partial charge in [-0.15, -0.1) is 0 Å². The zero-order valence-corrected chi connectivity index (χ0v) is 22.3. The molecule has 1 fully saturated rings. The van der Waals surface area contributed by atoms with Crippen molar-refractivity contribution in [3.05, 3.63) is 48.9 Å². The van der Waals surface area contributed by atoms with Crippen molar-refractivity contribution in [1.82, 2.24) is 19.6 Å². The number of rotatable bonds is 10. The summed E-state index contributed by atoms with van der Waals surface area (Å²) in [7, 11) is -4.21. The lowest BCUT2D eigenvalue weighted by Gasteiger charge is -2.27. The third-order valence-corrected chi connectivity index (χ3v) is 7.63. The van der Waals surface area contributed by atoms with Crippen LogP contribution in [0.3, 0.4) is 0 Å². The van der Waals surface area contributed by atoms with Crippen LogP contribution in [0.1, 0.15) is 33.9 Å². The molecule has 1 aromatic carbocycles. The number of aliphatic hydroxyl groups is 2. The normalized spacial score (nSPS) is 25.8. The van der Waals surface area contributed by atoms with E-state index in [4.69, 9.17) is 24.3 Å². The Bertz CT molecular complexity index is 1320. The fourth-order valence-corrected chi connectivity index (χ4v) is 5.57. The van der Waals surface area contributed by atoms with E-state index in [2.05, 4.69) is 15.1 Å². The molecule has 3 heterocycles. The SMILES string of the molecule is CC(C)OC(=O)[C@H](C)NP(=O)(OC[C@H]1O[C@@H](n2ccc3c(N)ncnc32)[C@](C)(O)[C@@H]1O)Oc1ccccc1. The molecule has 1 aliphatic rings. The minimum Gasteiger partial charge on any atom is -0.462 e. The van der Waals surface area contributed by atoms with Gasteiger partial charge in [-0.2, -0.15) is 5.09 Å². The van der Waals surface area contributed by atoms with Crippen LogP contribution in [0.5, 0.6) is 5.75 Å². The summed E-state index contributed by atoms with van der Waals surface area (Å²) < 4.78 is 37.7. The van der Waals surface area contributed by atoms with Crippen molar-refractivity contribution in [3.63, 3.8) is 0 Å². The predicted molar refractivity (Wildman–Crippen MR) is 137 cm³/mol. The van der Waals surface area contributed by atoms with Crippen molar-refractivity contribution in [1.29, 1.82) is 0 Å². The molecule has 1 saturated heterocycles. The quantitative estimate of drug-likeness (QED) is 0.214. The molecule has 0 radical (unpaired) electrons. The Balaban J connectivity index is 1.54. The minimum atomic E-state index is -4.21. The van der Waals surface area contributed by atoms with Gasteiger partial charge in [0.2, 0.25) is 0 Å². The average Bonchev–Trinajstić information content (AvgIpc) is 3.37. The van der Waals surface area contributed by atoms with Crippen LogP contribution in [-0.2, 0) is 23.4 Å². The third kappa shape index (κ3) is 5.83. The lowest BCUT2D eigenvalue weighted by molar-refractivity contribution is -0.149. The second-order valence-corrected chi connectivity index (χ2v) is 11.1. The van der Waals surface area contributed by atoms with Gasteiger partial charge >= 0.3 is 13.7 Å². The summed E-state index contributed by atoms with van der Waals surface area (Å²) in [6.07, 6.45) is -1.15. The van der Waals surface area contributed by atoms with Gasteiger partial charge in [-0.3, -0.25) is 9.32 Å². The highest BCUT2D eigenvalue weighted by Crippen LogP contribution is 2.47. The van der Waals surface area contributed by atoms with Gasteiger partial charge in [-0.05, 0) is 45.9 Å². The highest BCUT2D eigenvalue weighted by Gasteiger charge is 2.54. The molecule has 0 aliphatic carbocycles. The molecule has 2 aromatic heterocycles. The summed E-state index contributed by atoms with van der Waals surface area (Å²) in [6, 6.07) is 8.88. The van der Waals surface area contributed by atoms with Crippen molar-refractivity contribution in [2.24, 2.45) is 0 Å². The van der Waals surface area contributed by atoms with Crippen molar-refractivity contribution >= 4 is 30.6 Å². The molecule has 6 atom stereocenters. The standard InChI is InChI=1S/C24H32N5O8P/c1-14(2)35-22(31)15(3)28-38(33,37-16-8-6-5-7-9-16)34-12-18-19(30)24(4,32)23(36-18)29-11-10-17-20(25)26-13-27-21(17)29/h5-11,13-15,18-19,23,30,32H,12H2,1-4H3,(H,28,33)(H2,25,26,27)/t15-,18+,19+,23+,24+,38?/m0/s1. The van der Waals surface area contributed by atoms with E-state index in [0.717, 1.165) is 0 Å². The number of benzene rings is 1. The number of fused-ring (bicyclic) bond motifs is 1. The number of nitrogens with two attached hydrogens (primary N) is 1. The van der Waals surface area contributed by atoms with Crippen LogP contribution < -0.4 is 15.3 Å². The number of nitrogen functional groups attached to an aromatic ring is 1. The Kier molecular flexibility index (Phi) is 8.07. The van der Waals surface area contributed by atoms with E-state index in [-0.39, 0.29) is 17.7 Å². The van der Waals surface area contributed by atoms with Crippen LogP contribution in [0.15, 0.2) is 48.9 Å². The second-order valence-electron chi connectivity index (χ2n) is 9.45. The average molecular weight is 550 g/mol. The van der Waals surface area contributed by atoms with E-state index in [0.29, 0.717) is 11.0 Å². The lowest BCUT2D eigenvalue weighted by atomic mass is 9.96. The van der Waals surface area contributed by atoms with E-state index in [1.165, 1.54) is 24.7 Å². The first-order valence-corrected chi connectivity index (χ1v) is 13.6. The van der Waals surface area contributed by atoms with Crippen molar-refractivity contribution in [3.8, 4) is 5.75 Å². The Labute approximate surface area is 219 Å². The molecule has 0 spiro atoms. The second kappa shape index (κ2) is 11.0. The van der Waals surface area contributed by atoms with E-state index in [1.54, 1.807) is 56.4 Å². The number of carbonyl (C=O) groups excluding carboxylic acids is 1. The highest BCUT2D eigenvalue weighted by atomic mass is 31.2. The van der Waals surface area contributed by atoms with Crippen LogP contribution in [0.25, 0.3) is 11.0 Å². The predicted octanol–water partition coefficient (Wildman–Crippen LogP) is 2.16. The van der Waals surface area contributed by atoms with Gasteiger partial charge in [0, 0.05) is 6.20 Å². The molecule has 13 nitrogen and oxygen atoms in total. The molecule has 206 valence electrons. The Morgan fingerprint density at radius 2 is 1.97 bits per heavy atom. The summed E-state index contributed by atoms with van der Waals surface area (Å²) in [5.74, 6) is -0.176. The number of para-hydroxylation sites is 1. The van der Waals surface area contributed by atoms with Crippen molar-refractivity contribution < 1.29 is 38.1 Å². The first kappa shape index (κ1) is 28.0. The largest absolute Gasteiger partial charge is 0.462 e. The fraction of sp³-hybridized carbons (Fsp3) is 0.458. The van der Waals surface area contributed by atoms with Gasteiger partial charge in [-0.25, -0.2) is 14.5 Å². The van der Waals surface area contributed by atoms with Crippen molar-refractivity contribution in [2.45, 2.75) is 63.9 Å². The highest BCUT2D eigenvalue weighted by molar-refractivity contribution is 7.52. The topological polar surface area (TPSA) is 180 Å². The first-order chi connectivity index (χ1) is 17.9. The minimum absolute atomic E-state index is 0.224. The molecule has 38 heavy (non-hydrogen) atoms. The molecule has 1 unspecified atom stereocenters. The summed E-state index contributed by atoms with van der Waals surface area (Å²) in [5.41, 5.74) is 4.53. The van der Waals surface area contributed by atoms with Gasteiger partial charge in [0.05, 0.1) is 18.1 Å². The van der Waals surface area contributed by atoms with E-state index in [1.807, 2.05) is 0 Å². The summed E-state index contributed by atoms with van der Waals surface area (Å²) in [5, 5.41) is 25.2. The number of nitrogens with zero attached hydrogens (tertiary/aromatic N) is 3. The van der Waals surface area contributed by atoms with Crippen LogP contribution in [0, 0.1) is 0 Å². The third-order valence-electron chi connectivity index (χ3n) is 5.98. The fourth-order valence-electron chi connectivity index (χ4n) is 4.06. The maximum absolute atomic E-state index is 13.7. The number of aliphatic hydroxyl groups excluding tert-OH is 1. The molecule has 14 heteroatoms. The number of anilines is 1. The van der Waals surface area contributed by atoms with E-state index in [9.17, 15) is 19.6 Å². The maximum atomic E-state index is 13.7. The number of aromatic nitrogens is 3. The number of carbonyl (C=O) groups is 1. The summed E-state index contributed by atoms with van der Waals surface area (Å²) in [6.45, 7) is 5.79. The van der Waals surface area contributed by atoms with Crippen LogP contribution in [0.2, 0.25) is 0 Å². The number of hydrogen-bond donors (Lipinski definition) is 4. The molecule has 0 saturated carbocycles. The Morgan fingerprint density at radius 3 is 2.66 bits per heavy atom. The molecule has 4 rings (SSSR count). The molecule has 3 aromatic rings. The molecular weight excluding hydrogens is 517 g/mol. The molecule has 5 N–H and O–H groups in total. The molecular formula is C24H32N5O8P. The van der Waals surface area contributed by atoms with Gasteiger partial charge in [0.1, 0.15) is 47.4 Å². The Hall–Kier alpha value is -3.06. The zero-order valence-electron chi connectivity index (χ0n) is 21.4. The molecule has 0 amide bonds. The zero-order chi connectivity index (χ0) is 27.7. The van der Waals surface area contributed by atoms with Crippen LogP contribution >= 0.6 is 7.75 Å². The van der Waals surface area contributed by atoms with E-state index < -0.39 is 50.4 Å². The summed E-state index contributed by atoms with van der Waals surface area (Å²) >= 11 is 0. The van der Waals surface area contributed by atoms with Crippen molar-refractivity contribution in [2.75, 3.05) is 12.3 Å². The van der Waals surface area contributed by atoms with Crippen LogP contribution in [0.4, 0.5) is 5.82 Å². The Morgan fingerprint density at radius 1 is 1.26 bits per heavy atom. The number of hydrogen-bond acceptors (Lipinski definition) is 11. The number of ether oxygens (including phenoxy) is 2. The smallest absolute Gasteiger partial charge is 0.459 e. The number of nitrogens with one attached hydrogen (secondary N) is 1. The molecule has 0 bridgehead atoms. The van der Waals surface area contributed by atoms with E-state index >= 15 is 0 Å². The lowest BCUT2D eigenvalue weighted by Crippen LogP contribution is -2.44. The summed E-state index contributed by atoms with van der Waals surface area (Å²) in [4.78, 5) is 20.5. The number of esters is 1. The first-order valence-electron chi connectivity index (χ1n) is 12.0. The maximum Gasteiger partial charge on any atom is 0.459 e. The van der Waals surface area contributed by atoms with Gasteiger partial charge in [-0.1, -0.05) is 18.2 Å². The van der Waals surface area contributed by atoms with Crippen LogP contribution in [-0.4, -0.2) is 67.3 Å². The van der Waals surface area contributed by atoms with Gasteiger partial charge in [0.25, 0.3) is 0 Å².